The monoisotopic (exact) mass is 320 g/mol. The number of rotatable bonds is 4. The molecule has 0 aliphatic rings. The number of fused-ring (bicyclic) bond motifs is 1. The molecule has 1 N–H and O–H groups in total. The summed E-state index contributed by atoms with van der Waals surface area (Å²) in [5, 5.41) is 3.01. The first kappa shape index (κ1) is 14.4. The molecule has 0 atom stereocenters. The number of benzene rings is 2. The third-order valence-corrected chi connectivity index (χ3v) is 3.81. The second-order valence-electron chi connectivity index (χ2n) is 4.32. The highest BCUT2D eigenvalue weighted by Crippen LogP contribution is 2.27. The number of alkyl halides is 2. The highest BCUT2D eigenvalue weighted by Gasteiger charge is 2.16. The van der Waals surface area contributed by atoms with Crippen LogP contribution in [0.5, 0.6) is 5.75 Å². The molecule has 0 fully saturated rings. The van der Waals surface area contributed by atoms with Crippen molar-refractivity contribution >= 4 is 32.6 Å². The summed E-state index contributed by atoms with van der Waals surface area (Å²) >= 11 is 1.31. The number of hydrogen-bond donors (Lipinski definition) is 1. The Labute approximate surface area is 128 Å². The molecule has 0 radical (unpaired) electrons. The summed E-state index contributed by atoms with van der Waals surface area (Å²) in [6, 6.07) is 13.3. The minimum atomic E-state index is -2.99. The van der Waals surface area contributed by atoms with Crippen LogP contribution in [0.15, 0.2) is 48.5 Å². The second-order valence-corrected chi connectivity index (χ2v) is 5.35. The summed E-state index contributed by atoms with van der Waals surface area (Å²) in [5.41, 5.74) is 0.793. The van der Waals surface area contributed by atoms with Gasteiger partial charge in [0.2, 0.25) is 0 Å². The predicted octanol–water partition coefficient (Wildman–Crippen LogP) is 4.15. The van der Waals surface area contributed by atoms with Crippen LogP contribution >= 0.6 is 11.3 Å². The molecule has 0 aliphatic heterocycles. The van der Waals surface area contributed by atoms with Crippen molar-refractivity contribution in [2.24, 2.45) is 0 Å². The van der Waals surface area contributed by atoms with Crippen molar-refractivity contribution in [1.29, 1.82) is 0 Å². The SMILES string of the molecule is O=C(Nc1nc2ccccc2s1)c1ccccc1OC(F)F. The number of nitrogens with zero attached hydrogens (tertiary/aromatic N) is 1. The molecule has 22 heavy (non-hydrogen) atoms. The zero-order valence-corrected chi connectivity index (χ0v) is 11.9. The number of aromatic nitrogens is 1. The average Bonchev–Trinajstić information content (AvgIpc) is 2.89. The van der Waals surface area contributed by atoms with Gasteiger partial charge in [0.15, 0.2) is 5.13 Å². The number of ether oxygens (including phenoxy) is 1. The Hall–Kier alpha value is -2.54. The predicted molar refractivity (Wildman–Crippen MR) is 80.6 cm³/mol. The molecule has 0 saturated carbocycles. The van der Waals surface area contributed by atoms with Gasteiger partial charge in [-0.15, -0.1) is 0 Å². The molecule has 1 amide bonds. The summed E-state index contributed by atoms with van der Waals surface area (Å²) in [6.45, 7) is -2.99. The fourth-order valence-corrected chi connectivity index (χ4v) is 2.80. The molecular formula is C15H10F2N2O2S. The number of amides is 1. The summed E-state index contributed by atoms with van der Waals surface area (Å²) < 4.78 is 30.0. The quantitative estimate of drug-likeness (QED) is 0.785. The van der Waals surface area contributed by atoms with E-state index in [1.54, 1.807) is 6.07 Å². The van der Waals surface area contributed by atoms with E-state index in [1.807, 2.05) is 24.3 Å². The van der Waals surface area contributed by atoms with Crippen molar-refractivity contribution in [3.05, 3.63) is 54.1 Å². The highest BCUT2D eigenvalue weighted by atomic mass is 32.1. The van der Waals surface area contributed by atoms with Crippen LogP contribution in [-0.2, 0) is 0 Å². The molecule has 2 aromatic carbocycles. The zero-order valence-electron chi connectivity index (χ0n) is 11.1. The van der Waals surface area contributed by atoms with E-state index in [1.165, 1.54) is 29.5 Å². The Balaban J connectivity index is 1.85. The van der Waals surface area contributed by atoms with Gasteiger partial charge in [0.05, 0.1) is 15.8 Å². The average molecular weight is 320 g/mol. The molecule has 0 saturated heterocycles. The molecule has 1 aromatic heterocycles. The van der Waals surface area contributed by atoms with E-state index < -0.39 is 12.5 Å². The molecule has 0 unspecified atom stereocenters. The Morgan fingerprint density at radius 1 is 1.14 bits per heavy atom. The largest absolute Gasteiger partial charge is 0.434 e. The highest BCUT2D eigenvalue weighted by molar-refractivity contribution is 7.22. The van der Waals surface area contributed by atoms with Crippen LogP contribution in [0.1, 0.15) is 10.4 Å². The van der Waals surface area contributed by atoms with Crippen LogP contribution in [0.4, 0.5) is 13.9 Å². The molecular weight excluding hydrogens is 310 g/mol. The van der Waals surface area contributed by atoms with Gasteiger partial charge < -0.3 is 4.74 Å². The summed E-state index contributed by atoms with van der Waals surface area (Å²) in [4.78, 5) is 16.5. The molecule has 7 heteroatoms. The van der Waals surface area contributed by atoms with Gasteiger partial charge in [0, 0.05) is 0 Å². The number of carbonyl (C=O) groups is 1. The maximum atomic E-state index is 12.4. The number of halogens is 2. The third kappa shape index (κ3) is 3.04. The molecule has 3 rings (SSSR count). The van der Waals surface area contributed by atoms with E-state index in [-0.39, 0.29) is 11.3 Å². The number of anilines is 1. The van der Waals surface area contributed by atoms with Crippen LogP contribution in [-0.4, -0.2) is 17.5 Å². The smallest absolute Gasteiger partial charge is 0.387 e. The molecule has 3 aromatic rings. The first-order valence-electron chi connectivity index (χ1n) is 6.34. The van der Waals surface area contributed by atoms with Crippen LogP contribution in [0.2, 0.25) is 0 Å². The van der Waals surface area contributed by atoms with Gasteiger partial charge >= 0.3 is 6.61 Å². The van der Waals surface area contributed by atoms with Gasteiger partial charge in [0.1, 0.15) is 5.75 Å². The lowest BCUT2D eigenvalue weighted by atomic mass is 10.2. The Morgan fingerprint density at radius 3 is 2.64 bits per heavy atom. The Morgan fingerprint density at radius 2 is 1.86 bits per heavy atom. The Bertz CT molecular complexity index is 787. The number of carbonyl (C=O) groups excluding carboxylic acids is 1. The lowest BCUT2D eigenvalue weighted by molar-refractivity contribution is -0.0501. The van der Waals surface area contributed by atoms with Gasteiger partial charge in [-0.1, -0.05) is 35.6 Å². The normalized spacial score (nSPS) is 10.9. The van der Waals surface area contributed by atoms with E-state index in [9.17, 15) is 13.6 Å². The standard InChI is InChI=1S/C15H10F2N2O2S/c16-14(17)21-11-7-3-1-5-9(11)13(20)19-15-18-10-6-2-4-8-12(10)22-15/h1-8,14H,(H,18,19,20). The number of thiazole rings is 1. The second kappa shape index (κ2) is 6.07. The van der Waals surface area contributed by atoms with Crippen LogP contribution in [0.3, 0.4) is 0 Å². The van der Waals surface area contributed by atoms with Crippen molar-refractivity contribution in [2.45, 2.75) is 6.61 Å². The molecule has 0 aliphatic carbocycles. The van der Waals surface area contributed by atoms with Crippen molar-refractivity contribution in [2.75, 3.05) is 5.32 Å². The van der Waals surface area contributed by atoms with Crippen LogP contribution < -0.4 is 10.1 Å². The van der Waals surface area contributed by atoms with Gasteiger partial charge in [-0.3, -0.25) is 10.1 Å². The maximum absolute atomic E-state index is 12.4. The van der Waals surface area contributed by atoms with E-state index in [4.69, 9.17) is 0 Å². The van der Waals surface area contributed by atoms with Gasteiger partial charge in [-0.05, 0) is 24.3 Å². The molecule has 112 valence electrons. The van der Waals surface area contributed by atoms with Gasteiger partial charge in [0.25, 0.3) is 5.91 Å². The Kier molecular flexibility index (Phi) is 3.97. The zero-order chi connectivity index (χ0) is 15.5. The van der Waals surface area contributed by atoms with Crippen molar-refractivity contribution in [3.8, 4) is 5.75 Å². The van der Waals surface area contributed by atoms with E-state index >= 15 is 0 Å². The van der Waals surface area contributed by atoms with E-state index in [0.717, 1.165) is 10.2 Å². The lowest BCUT2D eigenvalue weighted by Gasteiger charge is -2.09. The van der Waals surface area contributed by atoms with Crippen LogP contribution in [0.25, 0.3) is 10.2 Å². The maximum Gasteiger partial charge on any atom is 0.387 e. The lowest BCUT2D eigenvalue weighted by Crippen LogP contribution is -2.14. The molecule has 4 nitrogen and oxygen atoms in total. The first-order chi connectivity index (χ1) is 10.6. The van der Waals surface area contributed by atoms with E-state index in [2.05, 4.69) is 15.0 Å². The first-order valence-corrected chi connectivity index (χ1v) is 7.16. The number of nitrogens with one attached hydrogen (secondary N) is 1. The number of para-hydroxylation sites is 2. The summed E-state index contributed by atoms with van der Waals surface area (Å²) in [6.07, 6.45) is 0. The minimum absolute atomic E-state index is 0.0297. The van der Waals surface area contributed by atoms with Crippen molar-refractivity contribution in [1.82, 2.24) is 4.98 Å². The van der Waals surface area contributed by atoms with Gasteiger partial charge in [-0.25, -0.2) is 4.98 Å². The van der Waals surface area contributed by atoms with Crippen molar-refractivity contribution < 1.29 is 18.3 Å². The topological polar surface area (TPSA) is 51.2 Å². The van der Waals surface area contributed by atoms with E-state index in [0.29, 0.717) is 5.13 Å². The summed E-state index contributed by atoms with van der Waals surface area (Å²) in [7, 11) is 0. The molecule has 1 heterocycles. The fraction of sp³-hybridized carbons (Fsp3) is 0.0667. The van der Waals surface area contributed by atoms with Crippen LogP contribution in [0, 0.1) is 0 Å². The number of hydrogen-bond acceptors (Lipinski definition) is 4. The van der Waals surface area contributed by atoms with Gasteiger partial charge in [-0.2, -0.15) is 8.78 Å². The third-order valence-electron chi connectivity index (χ3n) is 2.86. The molecule has 0 bridgehead atoms. The minimum Gasteiger partial charge on any atom is -0.434 e. The molecule has 0 spiro atoms. The fourth-order valence-electron chi connectivity index (χ4n) is 1.94. The van der Waals surface area contributed by atoms with Crippen molar-refractivity contribution in [3.63, 3.8) is 0 Å². The summed E-state index contributed by atoms with van der Waals surface area (Å²) in [5.74, 6) is -0.716.